The largest absolute Gasteiger partial charge is 0.468 e. The fourth-order valence-electron chi connectivity index (χ4n) is 3.16. The van der Waals surface area contributed by atoms with Crippen LogP contribution in [0.3, 0.4) is 0 Å². The molecule has 20 heavy (non-hydrogen) atoms. The number of aromatic nitrogens is 1. The average molecular weight is 272 g/mol. The highest BCUT2D eigenvalue weighted by molar-refractivity contribution is 5.87. The van der Waals surface area contributed by atoms with Crippen LogP contribution in [0.15, 0.2) is 24.3 Å². The van der Waals surface area contributed by atoms with E-state index < -0.39 is 0 Å². The minimum atomic E-state index is -0.281. The Balaban J connectivity index is 2.17. The van der Waals surface area contributed by atoms with Gasteiger partial charge in [-0.3, -0.25) is 10.1 Å². The minimum absolute atomic E-state index is 0.194. The highest BCUT2D eigenvalue weighted by atomic mass is 16.5. The average Bonchev–Trinajstić information content (AvgIpc) is 2.86. The maximum atomic E-state index is 11.9. The molecule has 0 radical (unpaired) electrons. The molecule has 1 aromatic carbocycles. The van der Waals surface area contributed by atoms with E-state index in [1.165, 1.54) is 23.8 Å². The summed E-state index contributed by atoms with van der Waals surface area (Å²) < 4.78 is 4.92. The van der Waals surface area contributed by atoms with Crippen LogP contribution in [0.25, 0.3) is 10.9 Å². The molecule has 2 N–H and O–H groups in total. The van der Waals surface area contributed by atoms with Crippen LogP contribution in [0.4, 0.5) is 0 Å². The van der Waals surface area contributed by atoms with Crippen molar-refractivity contribution in [3.63, 3.8) is 0 Å². The van der Waals surface area contributed by atoms with E-state index in [4.69, 9.17) is 4.74 Å². The number of H-pyrrole nitrogens is 1. The van der Waals surface area contributed by atoms with Crippen molar-refractivity contribution in [2.45, 2.75) is 38.3 Å². The Hall–Kier alpha value is -1.81. The summed E-state index contributed by atoms with van der Waals surface area (Å²) in [5, 5.41) is 4.65. The summed E-state index contributed by atoms with van der Waals surface area (Å²) in [5.74, 6) is -0.194. The molecule has 0 saturated carbocycles. The molecule has 0 saturated heterocycles. The fourth-order valence-corrected chi connectivity index (χ4v) is 3.16. The number of ether oxygens (including phenoxy) is 1. The number of methoxy groups -OCH3 is 1. The number of esters is 1. The van der Waals surface area contributed by atoms with E-state index in [0.29, 0.717) is 6.42 Å². The third kappa shape index (κ3) is 1.83. The first-order chi connectivity index (χ1) is 9.59. The van der Waals surface area contributed by atoms with E-state index in [1.807, 2.05) is 12.1 Å². The molecule has 4 heteroatoms. The Morgan fingerprint density at radius 3 is 2.90 bits per heavy atom. The molecule has 3 rings (SSSR count). The molecule has 0 bridgehead atoms. The molecule has 1 aliphatic heterocycles. The normalized spacial score (nSPS) is 25.4. The maximum absolute atomic E-state index is 11.9. The Kier molecular flexibility index (Phi) is 3.05. The number of para-hydroxylation sites is 1. The van der Waals surface area contributed by atoms with Crippen molar-refractivity contribution in [1.29, 1.82) is 0 Å². The Morgan fingerprint density at radius 1 is 1.45 bits per heavy atom. The van der Waals surface area contributed by atoms with Crippen molar-refractivity contribution in [1.82, 2.24) is 10.3 Å². The molecular formula is C16H20N2O2. The zero-order valence-electron chi connectivity index (χ0n) is 12.1. The number of carbonyl (C=O) groups is 1. The predicted molar refractivity (Wildman–Crippen MR) is 78.6 cm³/mol. The lowest BCUT2D eigenvalue weighted by Gasteiger charge is -2.38. The smallest absolute Gasteiger partial charge is 0.323 e. The van der Waals surface area contributed by atoms with Crippen molar-refractivity contribution >= 4 is 16.9 Å². The van der Waals surface area contributed by atoms with Gasteiger partial charge in [-0.15, -0.1) is 0 Å². The fraction of sp³-hybridized carbons (Fsp3) is 0.438. The van der Waals surface area contributed by atoms with Gasteiger partial charge < -0.3 is 9.72 Å². The molecule has 2 aromatic rings. The highest BCUT2D eigenvalue weighted by Gasteiger charge is 2.40. The topological polar surface area (TPSA) is 54.1 Å². The van der Waals surface area contributed by atoms with Gasteiger partial charge in [0, 0.05) is 23.0 Å². The lowest BCUT2D eigenvalue weighted by Crippen LogP contribution is -2.54. The summed E-state index contributed by atoms with van der Waals surface area (Å²) in [6.07, 6.45) is 1.57. The Morgan fingerprint density at radius 2 is 2.20 bits per heavy atom. The number of aromatic amines is 1. The van der Waals surface area contributed by atoms with E-state index in [-0.39, 0.29) is 17.6 Å². The number of benzene rings is 1. The van der Waals surface area contributed by atoms with Crippen LogP contribution in [-0.4, -0.2) is 24.1 Å². The minimum Gasteiger partial charge on any atom is -0.468 e. The van der Waals surface area contributed by atoms with Crippen LogP contribution < -0.4 is 5.32 Å². The second-order valence-corrected chi connectivity index (χ2v) is 5.63. The zero-order valence-corrected chi connectivity index (χ0v) is 12.1. The molecule has 0 amide bonds. The van der Waals surface area contributed by atoms with Crippen LogP contribution >= 0.6 is 0 Å². The van der Waals surface area contributed by atoms with Gasteiger partial charge >= 0.3 is 5.97 Å². The lowest BCUT2D eigenvalue weighted by molar-refractivity contribution is -0.144. The highest BCUT2D eigenvalue weighted by Crippen LogP contribution is 2.37. The quantitative estimate of drug-likeness (QED) is 0.826. The second-order valence-electron chi connectivity index (χ2n) is 5.63. The van der Waals surface area contributed by atoms with Gasteiger partial charge in [-0.05, 0) is 25.0 Å². The van der Waals surface area contributed by atoms with Crippen LogP contribution in [0.1, 0.15) is 31.5 Å². The van der Waals surface area contributed by atoms with Gasteiger partial charge in [-0.1, -0.05) is 25.1 Å². The number of carbonyl (C=O) groups excluding carboxylic acids is 1. The van der Waals surface area contributed by atoms with Crippen LogP contribution in [0.5, 0.6) is 0 Å². The molecule has 2 atom stereocenters. The Bertz CT molecular complexity index is 662. The Labute approximate surface area is 118 Å². The summed E-state index contributed by atoms with van der Waals surface area (Å²) in [5.41, 5.74) is 3.33. The van der Waals surface area contributed by atoms with E-state index in [0.717, 1.165) is 11.9 Å². The van der Waals surface area contributed by atoms with Crippen molar-refractivity contribution < 1.29 is 9.53 Å². The molecule has 0 spiro atoms. The first-order valence-electron chi connectivity index (χ1n) is 7.04. The number of hydrogen-bond acceptors (Lipinski definition) is 3. The van der Waals surface area contributed by atoms with Crippen molar-refractivity contribution in [3.8, 4) is 0 Å². The molecular weight excluding hydrogens is 252 g/mol. The van der Waals surface area contributed by atoms with Crippen molar-refractivity contribution in [2.24, 2.45) is 0 Å². The van der Waals surface area contributed by atoms with Gasteiger partial charge in [-0.2, -0.15) is 0 Å². The van der Waals surface area contributed by atoms with E-state index in [9.17, 15) is 4.79 Å². The monoisotopic (exact) mass is 272 g/mol. The summed E-state index contributed by atoms with van der Waals surface area (Å²) in [6, 6.07) is 7.97. The zero-order chi connectivity index (χ0) is 14.3. The van der Waals surface area contributed by atoms with Gasteiger partial charge in [0.1, 0.15) is 6.04 Å². The van der Waals surface area contributed by atoms with Crippen LogP contribution in [-0.2, 0) is 21.5 Å². The maximum Gasteiger partial charge on any atom is 0.323 e. The van der Waals surface area contributed by atoms with Gasteiger partial charge in [0.05, 0.1) is 12.6 Å². The van der Waals surface area contributed by atoms with Crippen molar-refractivity contribution in [2.75, 3.05) is 7.11 Å². The summed E-state index contributed by atoms with van der Waals surface area (Å²) in [6.45, 7) is 4.26. The summed E-state index contributed by atoms with van der Waals surface area (Å²) in [4.78, 5) is 15.5. The molecule has 2 heterocycles. The number of fused-ring (bicyclic) bond motifs is 3. The molecule has 1 aromatic heterocycles. The van der Waals surface area contributed by atoms with Gasteiger partial charge in [-0.25, -0.2) is 0 Å². The third-order valence-electron chi connectivity index (χ3n) is 4.46. The first-order valence-corrected chi connectivity index (χ1v) is 7.04. The standard InChI is InChI=1S/C16H20N2O2/c1-4-16(2)14-11(9-13(18-16)15(19)20-3)10-7-5-6-8-12(10)17-14/h5-8,13,17-18H,4,9H2,1-3H3. The molecule has 0 fully saturated rings. The first kappa shape index (κ1) is 13.2. The number of hydrogen-bond donors (Lipinski definition) is 2. The van der Waals surface area contributed by atoms with E-state index in [1.54, 1.807) is 0 Å². The second kappa shape index (κ2) is 4.63. The number of nitrogens with one attached hydrogen (secondary N) is 2. The van der Waals surface area contributed by atoms with Crippen LogP contribution in [0, 0.1) is 0 Å². The number of rotatable bonds is 2. The molecule has 106 valence electrons. The van der Waals surface area contributed by atoms with Gasteiger partial charge in [0.15, 0.2) is 0 Å². The molecule has 1 aliphatic rings. The van der Waals surface area contributed by atoms with Crippen LogP contribution in [0.2, 0.25) is 0 Å². The van der Waals surface area contributed by atoms with E-state index in [2.05, 4.69) is 36.3 Å². The van der Waals surface area contributed by atoms with E-state index >= 15 is 0 Å². The predicted octanol–water partition coefficient (Wildman–Crippen LogP) is 2.48. The summed E-state index contributed by atoms with van der Waals surface area (Å²) in [7, 11) is 1.44. The van der Waals surface area contributed by atoms with Gasteiger partial charge in [0.2, 0.25) is 0 Å². The van der Waals surface area contributed by atoms with Crippen molar-refractivity contribution in [3.05, 3.63) is 35.5 Å². The molecule has 0 aliphatic carbocycles. The van der Waals surface area contributed by atoms with Gasteiger partial charge in [0.25, 0.3) is 0 Å². The third-order valence-corrected chi connectivity index (χ3v) is 4.46. The molecule has 2 unspecified atom stereocenters. The summed E-state index contributed by atoms with van der Waals surface area (Å²) >= 11 is 0. The molecule has 4 nitrogen and oxygen atoms in total. The SMILES string of the molecule is CCC1(C)NC(C(=O)OC)Cc2c1[nH]c1ccccc21. The lowest BCUT2D eigenvalue weighted by atomic mass is 9.83.